The topological polar surface area (TPSA) is 82.4 Å². The Morgan fingerprint density at radius 1 is 1.15 bits per heavy atom. The molecule has 1 aliphatic rings. The van der Waals surface area contributed by atoms with Gasteiger partial charge in [0.15, 0.2) is 0 Å². The van der Waals surface area contributed by atoms with E-state index in [4.69, 9.17) is 9.47 Å². The molecule has 1 aromatic carbocycles. The van der Waals surface area contributed by atoms with Gasteiger partial charge < -0.3 is 14.8 Å². The minimum absolute atomic E-state index is 0.0794. The third-order valence-electron chi connectivity index (χ3n) is 4.93. The third kappa shape index (κ3) is 4.67. The third-order valence-corrected chi connectivity index (χ3v) is 4.93. The number of aromatic nitrogens is 2. The fourth-order valence-corrected chi connectivity index (χ4v) is 3.38. The molecule has 0 spiro atoms. The Balaban J connectivity index is 1.59. The molecule has 1 heterocycles. The molecule has 1 aliphatic carbocycles. The first-order chi connectivity index (χ1) is 13.1. The number of nitrogens with zero attached hydrogens (tertiary/aromatic N) is 2. The second kappa shape index (κ2) is 8.70. The first kappa shape index (κ1) is 18.9. The first-order valence-electron chi connectivity index (χ1n) is 9.18. The Labute approximate surface area is 158 Å². The predicted octanol–water partition coefficient (Wildman–Crippen LogP) is 2.35. The van der Waals surface area contributed by atoms with Gasteiger partial charge in [-0.15, -0.1) is 0 Å². The maximum absolute atomic E-state index is 12.4. The fourth-order valence-electron chi connectivity index (χ4n) is 3.38. The lowest BCUT2D eigenvalue weighted by Gasteiger charge is -2.11. The number of amides is 1. The van der Waals surface area contributed by atoms with Crippen LogP contribution >= 0.6 is 0 Å². The van der Waals surface area contributed by atoms with E-state index >= 15 is 0 Å². The van der Waals surface area contributed by atoms with Crippen LogP contribution in [0.1, 0.15) is 47.7 Å². The Hall–Kier alpha value is -2.83. The van der Waals surface area contributed by atoms with E-state index in [-0.39, 0.29) is 11.5 Å². The number of nitrogens with one attached hydrogen (secondary N) is 1. The van der Waals surface area contributed by atoms with Crippen LogP contribution in [0.4, 0.5) is 0 Å². The standard InChI is InChI=1S/C20H25N3O4/c1-26-16-9-15(10-17(11-16)27-2)20(25)21-7-8-23-13-22-18(12-19(23)24)14-5-3-4-6-14/h9-14H,3-8H2,1-2H3,(H,21,25). The summed E-state index contributed by atoms with van der Waals surface area (Å²) >= 11 is 0. The number of carbonyl (C=O) groups excluding carboxylic acids is 1. The van der Waals surface area contributed by atoms with Crippen LogP contribution in [0.3, 0.4) is 0 Å². The lowest BCUT2D eigenvalue weighted by atomic mass is 10.0. The van der Waals surface area contributed by atoms with Crippen LogP contribution in [0.5, 0.6) is 11.5 Å². The molecule has 7 nitrogen and oxygen atoms in total. The van der Waals surface area contributed by atoms with E-state index in [2.05, 4.69) is 10.3 Å². The molecule has 1 amide bonds. The van der Waals surface area contributed by atoms with Crippen LogP contribution in [0.25, 0.3) is 0 Å². The average molecular weight is 371 g/mol. The molecule has 1 saturated carbocycles. The number of methoxy groups -OCH3 is 2. The summed E-state index contributed by atoms with van der Waals surface area (Å²) < 4.78 is 11.9. The van der Waals surface area contributed by atoms with Crippen LogP contribution in [-0.2, 0) is 6.54 Å². The number of carbonyl (C=O) groups is 1. The maximum atomic E-state index is 12.4. The first-order valence-corrected chi connectivity index (χ1v) is 9.18. The van der Waals surface area contributed by atoms with Gasteiger partial charge in [-0.25, -0.2) is 4.98 Å². The monoisotopic (exact) mass is 371 g/mol. The van der Waals surface area contributed by atoms with Crippen molar-refractivity contribution in [3.8, 4) is 11.5 Å². The summed E-state index contributed by atoms with van der Waals surface area (Å²) in [5.74, 6) is 1.25. The van der Waals surface area contributed by atoms with Crippen LogP contribution in [0.15, 0.2) is 35.4 Å². The van der Waals surface area contributed by atoms with Crippen molar-refractivity contribution in [3.05, 3.63) is 52.2 Å². The summed E-state index contributed by atoms with van der Waals surface area (Å²) in [6.07, 6.45) is 6.21. The molecular formula is C20H25N3O4. The van der Waals surface area contributed by atoms with E-state index in [1.165, 1.54) is 31.6 Å². The Bertz CT molecular complexity index is 834. The molecule has 3 rings (SSSR count). The van der Waals surface area contributed by atoms with Crippen molar-refractivity contribution in [1.29, 1.82) is 0 Å². The molecule has 0 atom stereocenters. The van der Waals surface area contributed by atoms with Crippen LogP contribution in [0.2, 0.25) is 0 Å². The highest BCUT2D eigenvalue weighted by atomic mass is 16.5. The molecule has 1 fully saturated rings. The highest BCUT2D eigenvalue weighted by Gasteiger charge is 2.19. The van der Waals surface area contributed by atoms with Crippen molar-refractivity contribution in [2.45, 2.75) is 38.1 Å². The van der Waals surface area contributed by atoms with Crippen molar-refractivity contribution in [2.75, 3.05) is 20.8 Å². The molecule has 0 aliphatic heterocycles. The maximum Gasteiger partial charge on any atom is 0.253 e. The molecule has 1 aromatic heterocycles. The second-order valence-electron chi connectivity index (χ2n) is 6.68. The summed E-state index contributed by atoms with van der Waals surface area (Å²) in [4.78, 5) is 29.1. The molecule has 27 heavy (non-hydrogen) atoms. The van der Waals surface area contributed by atoms with Crippen molar-refractivity contribution in [3.63, 3.8) is 0 Å². The van der Waals surface area contributed by atoms with E-state index in [0.717, 1.165) is 18.5 Å². The van der Waals surface area contributed by atoms with Gasteiger partial charge in [-0.2, -0.15) is 0 Å². The van der Waals surface area contributed by atoms with Crippen molar-refractivity contribution >= 4 is 5.91 Å². The van der Waals surface area contributed by atoms with Gasteiger partial charge in [0.05, 0.1) is 26.2 Å². The fraction of sp³-hybridized carbons (Fsp3) is 0.450. The van der Waals surface area contributed by atoms with Crippen molar-refractivity contribution < 1.29 is 14.3 Å². The van der Waals surface area contributed by atoms with Gasteiger partial charge in [0.2, 0.25) is 0 Å². The summed E-state index contributed by atoms with van der Waals surface area (Å²) in [6, 6.07) is 6.61. The SMILES string of the molecule is COc1cc(OC)cc(C(=O)NCCn2cnc(C3CCCC3)cc2=O)c1. The van der Waals surface area contributed by atoms with Gasteiger partial charge in [-0.05, 0) is 25.0 Å². The molecule has 7 heteroatoms. The van der Waals surface area contributed by atoms with Crippen molar-refractivity contribution in [1.82, 2.24) is 14.9 Å². The van der Waals surface area contributed by atoms with Gasteiger partial charge >= 0.3 is 0 Å². The van der Waals surface area contributed by atoms with Gasteiger partial charge in [0.25, 0.3) is 11.5 Å². The Morgan fingerprint density at radius 2 is 1.81 bits per heavy atom. The van der Waals surface area contributed by atoms with Gasteiger partial charge in [-0.3, -0.25) is 14.2 Å². The number of benzene rings is 1. The Morgan fingerprint density at radius 3 is 2.41 bits per heavy atom. The van der Waals surface area contributed by atoms with E-state index in [0.29, 0.717) is 36.1 Å². The zero-order valence-electron chi connectivity index (χ0n) is 15.7. The summed E-state index contributed by atoms with van der Waals surface area (Å²) in [6.45, 7) is 0.687. The average Bonchev–Trinajstić information content (AvgIpc) is 3.23. The second-order valence-corrected chi connectivity index (χ2v) is 6.68. The molecule has 0 bridgehead atoms. The van der Waals surface area contributed by atoms with Crippen molar-refractivity contribution in [2.24, 2.45) is 0 Å². The zero-order chi connectivity index (χ0) is 19.2. The minimum atomic E-state index is -0.254. The lowest BCUT2D eigenvalue weighted by Crippen LogP contribution is -2.31. The molecule has 1 N–H and O–H groups in total. The van der Waals surface area contributed by atoms with E-state index in [1.807, 2.05) is 0 Å². The molecule has 0 saturated heterocycles. The number of hydrogen-bond donors (Lipinski definition) is 1. The highest BCUT2D eigenvalue weighted by molar-refractivity contribution is 5.95. The largest absolute Gasteiger partial charge is 0.497 e. The van der Waals surface area contributed by atoms with Gasteiger partial charge in [-0.1, -0.05) is 12.8 Å². The van der Waals surface area contributed by atoms with Gasteiger partial charge in [0, 0.05) is 36.7 Å². The predicted molar refractivity (Wildman–Crippen MR) is 102 cm³/mol. The van der Waals surface area contributed by atoms with E-state index in [1.54, 1.807) is 30.6 Å². The zero-order valence-corrected chi connectivity index (χ0v) is 15.7. The summed E-state index contributed by atoms with van der Waals surface area (Å²) in [5.41, 5.74) is 1.25. The van der Waals surface area contributed by atoms with Crippen LogP contribution in [0, 0.1) is 0 Å². The molecular weight excluding hydrogens is 346 g/mol. The normalized spacial score (nSPS) is 14.1. The highest BCUT2D eigenvalue weighted by Crippen LogP contribution is 2.32. The molecule has 0 radical (unpaired) electrons. The number of hydrogen-bond acceptors (Lipinski definition) is 5. The van der Waals surface area contributed by atoms with Crippen LogP contribution in [-0.4, -0.2) is 36.2 Å². The van der Waals surface area contributed by atoms with Crippen LogP contribution < -0.4 is 20.3 Å². The van der Waals surface area contributed by atoms with E-state index in [9.17, 15) is 9.59 Å². The quantitative estimate of drug-likeness (QED) is 0.808. The smallest absolute Gasteiger partial charge is 0.253 e. The Kier molecular flexibility index (Phi) is 6.11. The minimum Gasteiger partial charge on any atom is -0.497 e. The number of rotatable bonds is 7. The lowest BCUT2D eigenvalue weighted by molar-refractivity contribution is 0.0951. The number of ether oxygens (including phenoxy) is 2. The molecule has 144 valence electrons. The summed E-state index contributed by atoms with van der Waals surface area (Å²) in [7, 11) is 3.07. The molecule has 0 unspecified atom stereocenters. The molecule has 2 aromatic rings. The van der Waals surface area contributed by atoms with E-state index < -0.39 is 0 Å². The summed E-state index contributed by atoms with van der Waals surface area (Å²) in [5, 5.41) is 2.81. The van der Waals surface area contributed by atoms with Gasteiger partial charge in [0.1, 0.15) is 11.5 Å².